The van der Waals surface area contributed by atoms with Crippen LogP contribution in [0, 0.1) is 11.3 Å². The number of hydrogen-bond acceptors (Lipinski definition) is 8. The molecule has 2 unspecified atom stereocenters. The highest BCUT2D eigenvalue weighted by molar-refractivity contribution is 7.90. The summed E-state index contributed by atoms with van der Waals surface area (Å²) in [4.78, 5) is 20.2. The molecule has 3 aromatic heterocycles. The smallest absolute Gasteiger partial charge is 0.283 e. The molecule has 4 bridgehead atoms. The molecule has 1 amide bonds. The highest BCUT2D eigenvalue weighted by Gasteiger charge is 2.36. The summed E-state index contributed by atoms with van der Waals surface area (Å²) in [6.07, 6.45) is 9.96. The van der Waals surface area contributed by atoms with Gasteiger partial charge in [-0.3, -0.25) is 9.48 Å². The van der Waals surface area contributed by atoms with Gasteiger partial charge in [-0.15, -0.1) is 5.10 Å². The fraction of sp³-hybridized carbons (Fsp3) is 0.538. The van der Waals surface area contributed by atoms with Crippen LogP contribution >= 0.6 is 0 Å². The van der Waals surface area contributed by atoms with E-state index in [4.69, 9.17) is 9.72 Å². The molecule has 0 aromatic carbocycles. The summed E-state index contributed by atoms with van der Waals surface area (Å²) in [6, 6.07) is 6.62. The van der Waals surface area contributed by atoms with Crippen molar-refractivity contribution in [1.82, 2.24) is 29.3 Å². The van der Waals surface area contributed by atoms with Crippen LogP contribution in [-0.2, 0) is 16.6 Å². The summed E-state index contributed by atoms with van der Waals surface area (Å²) < 4.78 is 37.0. The number of nitrogens with zero attached hydrogens (tertiary/aromatic N) is 6. The zero-order chi connectivity index (χ0) is 26.5. The number of carbonyl (C=O) groups is 1. The van der Waals surface area contributed by atoms with Crippen LogP contribution in [0.25, 0.3) is 5.82 Å². The first-order chi connectivity index (χ1) is 18.2. The van der Waals surface area contributed by atoms with Crippen molar-refractivity contribution in [2.24, 2.45) is 11.3 Å². The maximum atomic E-state index is 13.3. The van der Waals surface area contributed by atoms with Crippen LogP contribution < -0.4 is 14.4 Å². The van der Waals surface area contributed by atoms with E-state index in [1.807, 2.05) is 0 Å². The number of amides is 1. The largest absolute Gasteiger partial charge is 0.477 e. The average molecular weight is 540 g/mol. The Morgan fingerprint density at radius 3 is 2.82 bits per heavy atom. The molecule has 3 aliphatic rings. The fourth-order valence-electron chi connectivity index (χ4n) is 5.41. The lowest BCUT2D eigenvalue weighted by atomic mass is 10.0. The van der Waals surface area contributed by atoms with E-state index in [2.05, 4.69) is 33.7 Å². The van der Waals surface area contributed by atoms with Gasteiger partial charge in [0.1, 0.15) is 5.82 Å². The van der Waals surface area contributed by atoms with Crippen LogP contribution in [0.3, 0.4) is 0 Å². The van der Waals surface area contributed by atoms with Gasteiger partial charge >= 0.3 is 0 Å². The minimum Gasteiger partial charge on any atom is -0.477 e. The number of ether oxygens (including phenoxy) is 1. The first-order valence-electron chi connectivity index (χ1n) is 13.3. The van der Waals surface area contributed by atoms with Crippen molar-refractivity contribution in [2.75, 3.05) is 18.1 Å². The predicted octanol–water partition coefficient (Wildman–Crippen LogP) is 3.16. The van der Waals surface area contributed by atoms with Gasteiger partial charge in [-0.05, 0) is 75.0 Å². The second-order valence-corrected chi connectivity index (χ2v) is 12.8. The Balaban J connectivity index is 1.28. The van der Waals surface area contributed by atoms with E-state index < -0.39 is 15.9 Å². The molecule has 38 heavy (non-hydrogen) atoms. The number of rotatable bonds is 6. The molecule has 12 heteroatoms. The highest BCUT2D eigenvalue weighted by atomic mass is 32.2. The highest BCUT2D eigenvalue weighted by Crippen LogP contribution is 2.48. The molecule has 11 nitrogen and oxygen atoms in total. The summed E-state index contributed by atoms with van der Waals surface area (Å²) >= 11 is 0. The van der Waals surface area contributed by atoms with Crippen molar-refractivity contribution >= 4 is 21.7 Å². The van der Waals surface area contributed by atoms with Crippen molar-refractivity contribution < 1.29 is 17.9 Å². The molecule has 1 saturated heterocycles. The van der Waals surface area contributed by atoms with E-state index in [1.165, 1.54) is 18.9 Å². The minimum absolute atomic E-state index is 0.131. The van der Waals surface area contributed by atoms with Crippen LogP contribution in [0.4, 0.5) is 5.82 Å². The van der Waals surface area contributed by atoms with E-state index in [1.54, 1.807) is 40.0 Å². The summed E-state index contributed by atoms with van der Waals surface area (Å²) in [7, 11) is -4.12. The van der Waals surface area contributed by atoms with Gasteiger partial charge in [-0.25, -0.2) is 14.4 Å². The third-order valence-corrected chi connectivity index (χ3v) is 9.22. The molecule has 0 radical (unpaired) electrons. The first-order valence-corrected chi connectivity index (χ1v) is 14.7. The molecular formula is C26H33N7O4S. The Morgan fingerprint density at radius 1 is 1.16 bits per heavy atom. The van der Waals surface area contributed by atoms with Crippen LogP contribution in [0.15, 0.2) is 41.7 Å². The van der Waals surface area contributed by atoms with Gasteiger partial charge < -0.3 is 9.64 Å². The quantitative estimate of drug-likeness (QED) is 0.474. The molecular weight excluding hydrogens is 506 g/mol. The number of pyridine rings is 1. The number of hydrogen-bond donors (Lipinski definition) is 1. The van der Waals surface area contributed by atoms with Crippen molar-refractivity contribution in [1.29, 1.82) is 0 Å². The zero-order valence-corrected chi connectivity index (χ0v) is 22.5. The monoisotopic (exact) mass is 539 g/mol. The lowest BCUT2D eigenvalue weighted by molar-refractivity contribution is 0.0981. The molecule has 1 saturated carbocycles. The Labute approximate surface area is 222 Å². The van der Waals surface area contributed by atoms with Gasteiger partial charge in [-0.1, -0.05) is 6.92 Å². The second kappa shape index (κ2) is 9.40. The van der Waals surface area contributed by atoms with E-state index in [-0.39, 0.29) is 16.6 Å². The van der Waals surface area contributed by atoms with E-state index in [9.17, 15) is 13.2 Å². The first kappa shape index (κ1) is 24.9. The summed E-state index contributed by atoms with van der Waals surface area (Å²) in [6.45, 7) is 6.35. The molecule has 202 valence electrons. The van der Waals surface area contributed by atoms with Crippen LogP contribution in [0.1, 0.15) is 62.7 Å². The Bertz CT molecular complexity index is 1460. The van der Waals surface area contributed by atoms with Gasteiger partial charge in [-0.2, -0.15) is 13.5 Å². The van der Waals surface area contributed by atoms with Crippen molar-refractivity contribution in [3.05, 3.63) is 42.2 Å². The molecule has 3 aromatic rings. The van der Waals surface area contributed by atoms with Gasteiger partial charge in [0.15, 0.2) is 10.8 Å². The number of aromatic nitrogens is 5. The third kappa shape index (κ3) is 5.01. The maximum Gasteiger partial charge on any atom is 0.283 e. The topological polar surface area (TPSA) is 124 Å². The van der Waals surface area contributed by atoms with Crippen molar-refractivity contribution in [3.8, 4) is 11.7 Å². The van der Waals surface area contributed by atoms with E-state index in [0.29, 0.717) is 48.5 Å². The maximum absolute atomic E-state index is 13.3. The van der Waals surface area contributed by atoms with Gasteiger partial charge in [0.25, 0.3) is 15.9 Å². The van der Waals surface area contributed by atoms with Crippen molar-refractivity contribution in [2.45, 2.75) is 70.0 Å². The summed E-state index contributed by atoms with van der Waals surface area (Å²) in [5.74, 6) is 1.12. The normalized spacial score (nSPS) is 23.5. The summed E-state index contributed by atoms with van der Waals surface area (Å²) in [5.41, 5.74) is 0.696. The second-order valence-electron chi connectivity index (χ2n) is 11.1. The molecule has 2 fully saturated rings. The molecule has 1 aliphatic carbocycles. The van der Waals surface area contributed by atoms with Gasteiger partial charge in [0, 0.05) is 37.6 Å². The lowest BCUT2D eigenvalue weighted by Crippen LogP contribution is -2.35. The number of nitrogens with one attached hydrogen (secondary N) is 1. The van der Waals surface area contributed by atoms with Crippen LogP contribution in [0.2, 0.25) is 0 Å². The Kier molecular flexibility index (Phi) is 6.16. The molecule has 2 aliphatic heterocycles. The number of anilines is 1. The van der Waals surface area contributed by atoms with Gasteiger partial charge in [0.05, 0.1) is 12.2 Å². The lowest BCUT2D eigenvalue weighted by Gasteiger charge is -2.25. The van der Waals surface area contributed by atoms with Crippen molar-refractivity contribution in [3.63, 3.8) is 0 Å². The summed E-state index contributed by atoms with van der Waals surface area (Å²) in [5, 5.41) is 8.53. The number of carbonyl (C=O) groups excluding carboxylic acids is 1. The number of sulfonamides is 1. The molecule has 0 spiro atoms. The van der Waals surface area contributed by atoms with E-state index >= 15 is 0 Å². The minimum atomic E-state index is -4.12. The standard InChI is InChI=1S/C26H33N7O4S/c1-18-16-19-6-12-31-13-8-23(29-31)38(35,36)30-25(34)20-4-5-21(27-24(20)32(18)17-19)33-14-7-22(28-33)37-15-3-9-26(2)10-11-26/h4-5,7-8,13-14,18-19H,3,6,9-12,15-17H2,1-2H3,(H,30,34). The predicted molar refractivity (Wildman–Crippen MR) is 140 cm³/mol. The van der Waals surface area contributed by atoms with E-state index in [0.717, 1.165) is 25.7 Å². The van der Waals surface area contributed by atoms with Gasteiger partial charge in [0.2, 0.25) is 5.88 Å². The number of fused-ring (bicyclic) bond motifs is 6. The molecule has 6 rings (SSSR count). The third-order valence-electron chi connectivity index (χ3n) is 8.00. The van der Waals surface area contributed by atoms with Crippen LogP contribution in [0.5, 0.6) is 5.88 Å². The molecule has 2 atom stereocenters. The zero-order valence-electron chi connectivity index (χ0n) is 21.7. The SMILES string of the molecule is CC1CC2CCn3ccc(n3)S(=O)(=O)NC(=O)c3ccc(-n4ccc(OCCCC5(C)CC5)n4)nc3N1C2. The van der Waals surface area contributed by atoms with Crippen LogP contribution in [-0.4, -0.2) is 58.1 Å². The average Bonchev–Trinajstić information content (AvgIpc) is 3.29. The Morgan fingerprint density at radius 2 is 2.00 bits per heavy atom. The Hall–Kier alpha value is -3.41. The molecule has 5 heterocycles. The fourth-order valence-corrected chi connectivity index (χ4v) is 6.33. The number of aryl methyl sites for hydroxylation is 1. The molecule has 1 N–H and O–H groups in total.